The zero-order chi connectivity index (χ0) is 20.5. The van der Waals surface area contributed by atoms with Crippen molar-refractivity contribution >= 4 is 32.9 Å². The van der Waals surface area contributed by atoms with Crippen LogP contribution in [0, 0.1) is 13.8 Å². The topological polar surface area (TPSA) is 56.5 Å². The Hall–Kier alpha value is -3.18. The van der Waals surface area contributed by atoms with Crippen LogP contribution < -0.4 is 10.2 Å². The van der Waals surface area contributed by atoms with Crippen LogP contribution in [-0.2, 0) is 0 Å². The van der Waals surface area contributed by atoms with Crippen molar-refractivity contribution < 1.29 is 13.9 Å². The molecule has 0 amide bonds. The Kier molecular flexibility index (Phi) is 5.07. The number of carbonyl (C=O) groups excluding carboxylic acids is 1. The third-order valence-corrected chi connectivity index (χ3v) is 5.20. The number of aryl methyl sites for hydroxylation is 2. The van der Waals surface area contributed by atoms with Crippen LogP contribution in [0.15, 0.2) is 80.4 Å². The lowest BCUT2D eigenvalue weighted by atomic mass is 10.0. The van der Waals surface area contributed by atoms with Gasteiger partial charge in [0.2, 0.25) is 5.43 Å². The van der Waals surface area contributed by atoms with E-state index >= 15 is 0 Å². The molecule has 4 rings (SSSR count). The van der Waals surface area contributed by atoms with E-state index in [2.05, 4.69) is 15.9 Å². The fourth-order valence-corrected chi connectivity index (χ4v) is 3.42. The highest BCUT2D eigenvalue weighted by molar-refractivity contribution is 9.10. The lowest BCUT2D eigenvalue weighted by Gasteiger charge is -2.09. The Balaban J connectivity index is 1.71. The number of ether oxygens (including phenoxy) is 1. The van der Waals surface area contributed by atoms with Gasteiger partial charge in [-0.2, -0.15) is 0 Å². The first-order chi connectivity index (χ1) is 13.9. The molecule has 5 heteroatoms. The predicted octanol–water partition coefficient (Wildman–Crippen LogP) is 6.06. The van der Waals surface area contributed by atoms with Crippen molar-refractivity contribution in [2.45, 2.75) is 13.8 Å². The molecule has 3 aromatic carbocycles. The molecule has 4 aromatic rings. The van der Waals surface area contributed by atoms with E-state index in [1.807, 2.05) is 43.3 Å². The van der Waals surface area contributed by atoms with Gasteiger partial charge in [0.05, 0.1) is 16.5 Å². The number of hydrogen-bond donors (Lipinski definition) is 0. The van der Waals surface area contributed by atoms with Gasteiger partial charge in [-0.15, -0.1) is 0 Å². The molecule has 0 radical (unpaired) electrons. The summed E-state index contributed by atoms with van der Waals surface area (Å²) in [5, 5.41) is 0.434. The van der Waals surface area contributed by atoms with Gasteiger partial charge in [0.1, 0.15) is 17.1 Å². The fourth-order valence-electron chi connectivity index (χ4n) is 3.16. The van der Waals surface area contributed by atoms with E-state index in [1.165, 1.54) is 0 Å². The highest BCUT2D eigenvalue weighted by atomic mass is 79.9. The molecule has 0 aliphatic rings. The van der Waals surface area contributed by atoms with Crippen molar-refractivity contribution in [3.05, 3.63) is 98.3 Å². The molecule has 0 bridgehead atoms. The largest absolute Gasteiger partial charge is 0.460 e. The van der Waals surface area contributed by atoms with Gasteiger partial charge in [0, 0.05) is 10.5 Å². The average Bonchev–Trinajstić information content (AvgIpc) is 2.69. The number of fused-ring (bicyclic) bond motifs is 1. The van der Waals surface area contributed by atoms with E-state index < -0.39 is 5.97 Å². The maximum atomic E-state index is 13.0. The molecule has 4 nitrogen and oxygen atoms in total. The fraction of sp³-hybridized carbons (Fsp3) is 0.0833. The van der Waals surface area contributed by atoms with Crippen LogP contribution in [0.4, 0.5) is 0 Å². The van der Waals surface area contributed by atoms with Gasteiger partial charge < -0.3 is 9.15 Å². The molecule has 0 saturated heterocycles. The predicted molar refractivity (Wildman–Crippen MR) is 116 cm³/mol. The van der Waals surface area contributed by atoms with Crippen molar-refractivity contribution in [2.24, 2.45) is 0 Å². The third kappa shape index (κ3) is 3.87. The molecule has 1 aromatic heterocycles. The summed E-state index contributed by atoms with van der Waals surface area (Å²) in [6.07, 6.45) is 0. The minimum absolute atomic E-state index is 0.123. The molecule has 29 heavy (non-hydrogen) atoms. The second-order valence-electron chi connectivity index (χ2n) is 6.78. The molecule has 0 saturated carbocycles. The van der Waals surface area contributed by atoms with Crippen LogP contribution in [-0.4, -0.2) is 5.97 Å². The number of benzene rings is 3. The van der Waals surface area contributed by atoms with Crippen LogP contribution in [0.3, 0.4) is 0 Å². The van der Waals surface area contributed by atoms with E-state index in [0.717, 1.165) is 15.6 Å². The first kappa shape index (κ1) is 19.2. The molecule has 1 heterocycles. The van der Waals surface area contributed by atoms with Gasteiger partial charge in [0.25, 0.3) is 0 Å². The van der Waals surface area contributed by atoms with Gasteiger partial charge in [-0.25, -0.2) is 4.79 Å². The van der Waals surface area contributed by atoms with E-state index in [1.54, 1.807) is 37.3 Å². The Labute approximate surface area is 175 Å². The molecule has 0 spiro atoms. The zero-order valence-electron chi connectivity index (χ0n) is 15.9. The number of halogens is 1. The molecule has 0 N–H and O–H groups in total. The van der Waals surface area contributed by atoms with E-state index in [4.69, 9.17) is 9.15 Å². The number of hydrogen-bond acceptors (Lipinski definition) is 4. The minimum Gasteiger partial charge on any atom is -0.460 e. The van der Waals surface area contributed by atoms with Crippen molar-refractivity contribution in [1.29, 1.82) is 0 Å². The summed E-state index contributed by atoms with van der Waals surface area (Å²) in [5.41, 5.74) is 3.08. The highest BCUT2D eigenvalue weighted by Gasteiger charge is 2.15. The zero-order valence-corrected chi connectivity index (χ0v) is 17.4. The second kappa shape index (κ2) is 7.68. The van der Waals surface area contributed by atoms with E-state index in [-0.39, 0.29) is 5.43 Å². The quantitative estimate of drug-likeness (QED) is 0.282. The van der Waals surface area contributed by atoms with E-state index in [9.17, 15) is 9.59 Å². The number of esters is 1. The van der Waals surface area contributed by atoms with Crippen LogP contribution >= 0.6 is 15.9 Å². The molecule has 0 fully saturated rings. The van der Waals surface area contributed by atoms with Crippen LogP contribution in [0.25, 0.3) is 22.1 Å². The summed E-state index contributed by atoms with van der Waals surface area (Å²) in [4.78, 5) is 25.4. The van der Waals surface area contributed by atoms with Gasteiger partial charge in [-0.05, 0) is 55.8 Å². The summed E-state index contributed by atoms with van der Waals surface area (Å²) >= 11 is 3.40. The summed E-state index contributed by atoms with van der Waals surface area (Å²) in [6, 6.07) is 19.4. The van der Waals surface area contributed by atoms with Gasteiger partial charge in [-0.3, -0.25) is 4.79 Å². The molecular formula is C24H17BrO4. The molecule has 0 atom stereocenters. The Morgan fingerprint density at radius 3 is 2.31 bits per heavy atom. The molecule has 144 valence electrons. The molecule has 0 unspecified atom stereocenters. The van der Waals surface area contributed by atoms with Crippen LogP contribution in [0.1, 0.15) is 21.7 Å². The summed E-state index contributed by atoms with van der Waals surface area (Å²) in [5.74, 6) is 0.365. The SMILES string of the molecule is Cc1ccc(C(=O)Oc2ccc3c(=O)c(-c4ccc(Br)cc4)c(C)oc3c2)cc1. The smallest absolute Gasteiger partial charge is 0.343 e. The van der Waals surface area contributed by atoms with Crippen molar-refractivity contribution in [2.75, 3.05) is 0 Å². The Bertz CT molecular complexity index is 1270. The molecule has 0 aliphatic heterocycles. The number of rotatable bonds is 3. The van der Waals surface area contributed by atoms with Crippen LogP contribution in [0.2, 0.25) is 0 Å². The van der Waals surface area contributed by atoms with Crippen molar-refractivity contribution in [1.82, 2.24) is 0 Å². The standard InChI is InChI=1S/C24H17BrO4/c1-14-3-5-17(6-4-14)24(27)29-19-11-12-20-21(13-19)28-15(2)22(23(20)26)16-7-9-18(25)10-8-16/h3-13H,1-2H3. The number of carbonyl (C=O) groups is 1. The Morgan fingerprint density at radius 1 is 0.931 bits per heavy atom. The van der Waals surface area contributed by atoms with Crippen molar-refractivity contribution in [3.8, 4) is 16.9 Å². The normalized spacial score (nSPS) is 10.9. The summed E-state index contributed by atoms with van der Waals surface area (Å²) in [6.45, 7) is 3.70. The maximum Gasteiger partial charge on any atom is 0.343 e. The molecular weight excluding hydrogens is 432 g/mol. The van der Waals surface area contributed by atoms with Gasteiger partial charge in [-0.1, -0.05) is 45.8 Å². The first-order valence-electron chi connectivity index (χ1n) is 9.04. The molecule has 0 aliphatic carbocycles. The Morgan fingerprint density at radius 2 is 1.62 bits per heavy atom. The van der Waals surface area contributed by atoms with Gasteiger partial charge >= 0.3 is 5.97 Å². The third-order valence-electron chi connectivity index (χ3n) is 4.67. The monoisotopic (exact) mass is 448 g/mol. The summed E-state index contributed by atoms with van der Waals surface area (Å²) in [7, 11) is 0. The van der Waals surface area contributed by atoms with Gasteiger partial charge in [0.15, 0.2) is 0 Å². The van der Waals surface area contributed by atoms with Crippen molar-refractivity contribution in [3.63, 3.8) is 0 Å². The lowest BCUT2D eigenvalue weighted by molar-refractivity contribution is 0.0735. The first-order valence-corrected chi connectivity index (χ1v) is 9.84. The van der Waals surface area contributed by atoms with Crippen LogP contribution in [0.5, 0.6) is 5.75 Å². The highest BCUT2D eigenvalue weighted by Crippen LogP contribution is 2.27. The maximum absolute atomic E-state index is 13.0. The second-order valence-corrected chi connectivity index (χ2v) is 7.70. The van der Waals surface area contributed by atoms with E-state index in [0.29, 0.717) is 33.6 Å². The average molecular weight is 449 g/mol. The minimum atomic E-state index is -0.463. The lowest BCUT2D eigenvalue weighted by Crippen LogP contribution is -2.10. The summed E-state index contributed by atoms with van der Waals surface area (Å²) < 4.78 is 12.3.